The number of carbonyl (C=O) groups excluding carboxylic acids is 1. The van der Waals surface area contributed by atoms with Gasteiger partial charge in [-0.3, -0.25) is 19.8 Å². The highest BCUT2D eigenvalue weighted by Gasteiger charge is 2.20. The number of hydrogen-bond donors (Lipinski definition) is 1. The summed E-state index contributed by atoms with van der Waals surface area (Å²) in [5.74, 6) is 0.170. The second-order valence-corrected chi connectivity index (χ2v) is 6.56. The first-order valence-corrected chi connectivity index (χ1v) is 8.69. The standard InChI is InChI=1S/C20H23N3O2/c1-3-14(12-24)7-18(25)9-17-8-16-10-23-20(19(16)11-22-17)15-4-5-21-13(2)6-15/h4-6,8,11,14,24H,3,7,9-10,12H2,1-2H3/t14-/m0/s1. The number of aryl methyl sites for hydroxylation is 1. The van der Waals surface area contributed by atoms with E-state index in [1.54, 1.807) is 6.20 Å². The summed E-state index contributed by atoms with van der Waals surface area (Å²) in [6.07, 6.45) is 5.14. The summed E-state index contributed by atoms with van der Waals surface area (Å²) in [5, 5.41) is 9.24. The zero-order valence-corrected chi connectivity index (χ0v) is 14.7. The summed E-state index contributed by atoms with van der Waals surface area (Å²) in [7, 11) is 0. The zero-order valence-electron chi connectivity index (χ0n) is 14.7. The Hall–Kier alpha value is -2.40. The summed E-state index contributed by atoms with van der Waals surface area (Å²) in [5.41, 5.74) is 5.86. The molecule has 1 atom stereocenters. The summed E-state index contributed by atoms with van der Waals surface area (Å²) in [6, 6.07) is 5.96. The highest BCUT2D eigenvalue weighted by atomic mass is 16.3. The molecule has 1 N–H and O–H groups in total. The molecule has 0 saturated heterocycles. The maximum atomic E-state index is 12.2. The van der Waals surface area contributed by atoms with Crippen molar-refractivity contribution < 1.29 is 9.90 Å². The predicted molar refractivity (Wildman–Crippen MR) is 96.7 cm³/mol. The fraction of sp³-hybridized carbons (Fsp3) is 0.400. The van der Waals surface area contributed by atoms with E-state index in [2.05, 4.69) is 15.0 Å². The molecule has 2 aromatic rings. The van der Waals surface area contributed by atoms with Gasteiger partial charge in [0.1, 0.15) is 5.78 Å². The minimum atomic E-state index is 0.0480. The van der Waals surface area contributed by atoms with Gasteiger partial charge in [0.2, 0.25) is 0 Å². The number of nitrogens with zero attached hydrogens (tertiary/aromatic N) is 3. The van der Waals surface area contributed by atoms with Crippen LogP contribution in [0.25, 0.3) is 0 Å². The number of carbonyl (C=O) groups is 1. The van der Waals surface area contributed by atoms with Crippen molar-refractivity contribution >= 4 is 11.5 Å². The molecule has 0 bridgehead atoms. The molecule has 0 aromatic carbocycles. The molecule has 1 aliphatic rings. The van der Waals surface area contributed by atoms with Crippen LogP contribution in [-0.4, -0.2) is 33.2 Å². The molecule has 0 fully saturated rings. The average Bonchev–Trinajstić information content (AvgIpc) is 3.03. The van der Waals surface area contributed by atoms with Gasteiger partial charge >= 0.3 is 0 Å². The number of hydrogen-bond acceptors (Lipinski definition) is 5. The third-order valence-corrected chi connectivity index (χ3v) is 4.61. The van der Waals surface area contributed by atoms with Gasteiger partial charge in [-0.15, -0.1) is 0 Å². The first-order chi connectivity index (χ1) is 12.1. The molecular weight excluding hydrogens is 314 g/mol. The molecule has 5 heteroatoms. The molecule has 5 nitrogen and oxygen atoms in total. The maximum absolute atomic E-state index is 12.2. The Morgan fingerprint density at radius 1 is 1.32 bits per heavy atom. The van der Waals surface area contributed by atoms with E-state index in [-0.39, 0.29) is 18.3 Å². The second-order valence-electron chi connectivity index (χ2n) is 6.56. The van der Waals surface area contributed by atoms with Crippen molar-refractivity contribution in [1.82, 2.24) is 9.97 Å². The smallest absolute Gasteiger partial charge is 0.139 e. The number of pyridine rings is 2. The molecule has 0 unspecified atom stereocenters. The molecule has 0 saturated carbocycles. The van der Waals surface area contributed by atoms with E-state index < -0.39 is 0 Å². The van der Waals surface area contributed by atoms with Gasteiger partial charge in [-0.1, -0.05) is 13.3 Å². The van der Waals surface area contributed by atoms with Gasteiger partial charge in [0.25, 0.3) is 0 Å². The lowest BCUT2D eigenvalue weighted by Gasteiger charge is -2.10. The van der Waals surface area contributed by atoms with Gasteiger partial charge < -0.3 is 5.11 Å². The van der Waals surface area contributed by atoms with Crippen molar-refractivity contribution in [2.45, 2.75) is 39.7 Å². The van der Waals surface area contributed by atoms with Crippen molar-refractivity contribution in [3.8, 4) is 0 Å². The zero-order chi connectivity index (χ0) is 17.8. The Balaban J connectivity index is 1.74. The highest BCUT2D eigenvalue weighted by molar-refractivity contribution is 6.15. The number of aliphatic hydroxyl groups is 1. The Morgan fingerprint density at radius 3 is 2.88 bits per heavy atom. The molecule has 1 aliphatic heterocycles. The lowest BCUT2D eigenvalue weighted by Crippen LogP contribution is -2.14. The van der Waals surface area contributed by atoms with Crippen molar-refractivity contribution in [2.24, 2.45) is 10.9 Å². The van der Waals surface area contributed by atoms with Crippen LogP contribution in [-0.2, 0) is 17.8 Å². The lowest BCUT2D eigenvalue weighted by atomic mass is 9.97. The second kappa shape index (κ2) is 7.66. The monoisotopic (exact) mass is 337 g/mol. The van der Waals surface area contributed by atoms with Crippen LogP contribution < -0.4 is 0 Å². The van der Waals surface area contributed by atoms with Crippen LogP contribution in [0.3, 0.4) is 0 Å². The number of fused-ring (bicyclic) bond motifs is 1. The molecule has 0 aliphatic carbocycles. The van der Waals surface area contributed by atoms with E-state index in [0.717, 1.165) is 40.2 Å². The molecule has 3 heterocycles. The minimum Gasteiger partial charge on any atom is -0.396 e. The summed E-state index contributed by atoms with van der Waals surface area (Å²) in [4.78, 5) is 25.5. The van der Waals surface area contributed by atoms with E-state index in [9.17, 15) is 9.90 Å². The molecule has 0 amide bonds. The van der Waals surface area contributed by atoms with Crippen molar-refractivity contribution in [3.63, 3.8) is 0 Å². The van der Waals surface area contributed by atoms with Crippen LogP contribution >= 0.6 is 0 Å². The number of aliphatic hydroxyl groups excluding tert-OH is 1. The van der Waals surface area contributed by atoms with E-state index in [1.807, 2.05) is 38.2 Å². The SMILES string of the molecule is CC[C@H](CO)CC(=O)Cc1cc2c(cn1)C(c1ccnc(C)c1)=NC2. The topological polar surface area (TPSA) is 75.4 Å². The number of ketones is 1. The largest absolute Gasteiger partial charge is 0.396 e. The molecule has 3 rings (SSSR count). The molecule has 130 valence electrons. The number of aliphatic imine (C=N–C) groups is 1. The fourth-order valence-corrected chi connectivity index (χ4v) is 3.11. The first-order valence-electron chi connectivity index (χ1n) is 8.69. The number of rotatable bonds is 7. The lowest BCUT2D eigenvalue weighted by molar-refractivity contribution is -0.119. The summed E-state index contributed by atoms with van der Waals surface area (Å²) >= 11 is 0. The van der Waals surface area contributed by atoms with E-state index >= 15 is 0 Å². The minimum absolute atomic E-state index is 0.0480. The number of Topliss-reactive ketones (excluding diaryl/α,β-unsaturated/α-hetero) is 1. The molecule has 2 aromatic heterocycles. The van der Waals surface area contributed by atoms with Crippen LogP contribution in [0.4, 0.5) is 0 Å². The quantitative estimate of drug-likeness (QED) is 0.843. The van der Waals surface area contributed by atoms with Crippen LogP contribution in [0.2, 0.25) is 0 Å². The average molecular weight is 337 g/mol. The third-order valence-electron chi connectivity index (χ3n) is 4.61. The third kappa shape index (κ3) is 3.99. The molecule has 25 heavy (non-hydrogen) atoms. The van der Waals surface area contributed by atoms with Crippen molar-refractivity contribution in [3.05, 3.63) is 58.7 Å². The highest BCUT2D eigenvalue weighted by Crippen LogP contribution is 2.23. The Kier molecular flexibility index (Phi) is 5.34. The van der Waals surface area contributed by atoms with Crippen LogP contribution in [0, 0.1) is 12.8 Å². The first kappa shape index (κ1) is 17.4. The van der Waals surface area contributed by atoms with Gasteiger partial charge in [-0.2, -0.15) is 0 Å². The Morgan fingerprint density at radius 2 is 2.16 bits per heavy atom. The predicted octanol–water partition coefficient (Wildman–Crippen LogP) is 2.66. The molecular formula is C20H23N3O2. The number of aromatic nitrogens is 2. The van der Waals surface area contributed by atoms with Crippen molar-refractivity contribution in [2.75, 3.05) is 6.61 Å². The van der Waals surface area contributed by atoms with Gasteiger partial charge in [-0.25, -0.2) is 0 Å². The van der Waals surface area contributed by atoms with Gasteiger partial charge in [0, 0.05) is 54.4 Å². The van der Waals surface area contributed by atoms with E-state index in [4.69, 9.17) is 0 Å². The Bertz CT molecular complexity index is 810. The van der Waals surface area contributed by atoms with Gasteiger partial charge in [0.15, 0.2) is 0 Å². The van der Waals surface area contributed by atoms with Crippen molar-refractivity contribution in [1.29, 1.82) is 0 Å². The van der Waals surface area contributed by atoms with Gasteiger partial charge in [-0.05, 0) is 36.6 Å². The summed E-state index contributed by atoms with van der Waals surface area (Å²) in [6.45, 7) is 4.62. The molecule has 0 radical (unpaired) electrons. The van der Waals surface area contributed by atoms with Crippen LogP contribution in [0.15, 0.2) is 35.6 Å². The van der Waals surface area contributed by atoms with Crippen LogP contribution in [0.1, 0.15) is 47.8 Å². The van der Waals surface area contributed by atoms with Gasteiger partial charge in [0.05, 0.1) is 12.3 Å². The molecule has 0 spiro atoms. The van der Waals surface area contributed by atoms with E-state index in [1.165, 1.54) is 0 Å². The normalized spacial score (nSPS) is 14.1. The van der Waals surface area contributed by atoms with E-state index in [0.29, 0.717) is 19.4 Å². The Labute approximate surface area is 147 Å². The maximum Gasteiger partial charge on any atom is 0.139 e. The van der Waals surface area contributed by atoms with Crippen LogP contribution in [0.5, 0.6) is 0 Å². The summed E-state index contributed by atoms with van der Waals surface area (Å²) < 4.78 is 0. The fourth-order valence-electron chi connectivity index (χ4n) is 3.11.